The van der Waals surface area contributed by atoms with E-state index >= 15 is 0 Å². The second-order valence-corrected chi connectivity index (χ2v) is 24.2. The SMILES string of the molecule is COCCO[C@@H]1[C@H](O[Si](C)(C)C(C)(C)C)[C@@H](CO[Si](C)(C)C(C)(C)C)O[C@H]1n1ccc(Oc2c(C)cccc2C)nc1=O. The minimum Gasteiger partial charge on any atom is -0.438 e. The van der Waals surface area contributed by atoms with Gasteiger partial charge in [0, 0.05) is 19.4 Å². The van der Waals surface area contributed by atoms with Crippen LogP contribution in [0, 0.1) is 13.8 Å². The second-order valence-electron chi connectivity index (χ2n) is 14.6. The van der Waals surface area contributed by atoms with Gasteiger partial charge in [0.25, 0.3) is 0 Å². The van der Waals surface area contributed by atoms with E-state index in [2.05, 4.69) is 72.7 Å². The van der Waals surface area contributed by atoms with Crippen molar-refractivity contribution in [3.63, 3.8) is 0 Å². The zero-order valence-corrected chi connectivity index (χ0v) is 30.6. The van der Waals surface area contributed by atoms with Crippen molar-refractivity contribution < 1.29 is 27.8 Å². The molecular formula is C32H54N2O7Si2. The first-order valence-corrected chi connectivity index (χ1v) is 21.0. The molecule has 1 aliphatic rings. The quantitative estimate of drug-likeness (QED) is 0.182. The Labute approximate surface area is 260 Å². The highest BCUT2D eigenvalue weighted by atomic mass is 28.4. The van der Waals surface area contributed by atoms with Gasteiger partial charge in [0.15, 0.2) is 22.9 Å². The highest BCUT2D eigenvalue weighted by Gasteiger charge is 2.52. The van der Waals surface area contributed by atoms with E-state index in [1.165, 1.54) is 4.57 Å². The van der Waals surface area contributed by atoms with Crippen LogP contribution in [-0.2, 0) is 23.1 Å². The molecule has 11 heteroatoms. The van der Waals surface area contributed by atoms with E-state index in [9.17, 15) is 4.79 Å². The molecule has 0 bridgehead atoms. The third kappa shape index (κ3) is 8.44. The predicted molar refractivity (Wildman–Crippen MR) is 175 cm³/mol. The van der Waals surface area contributed by atoms with Crippen molar-refractivity contribution in [3.05, 3.63) is 52.1 Å². The molecule has 0 amide bonds. The van der Waals surface area contributed by atoms with Crippen molar-refractivity contribution >= 4 is 16.6 Å². The number of aromatic nitrogens is 2. The Bertz CT molecular complexity index is 1260. The summed E-state index contributed by atoms with van der Waals surface area (Å²) < 4.78 is 39.5. The molecule has 2 aromatic rings. The van der Waals surface area contributed by atoms with Gasteiger partial charge in [-0.05, 0) is 61.2 Å². The molecule has 1 fully saturated rings. The van der Waals surface area contributed by atoms with Crippen LogP contribution in [0.25, 0.3) is 0 Å². The minimum absolute atomic E-state index is 0.0291. The lowest BCUT2D eigenvalue weighted by Gasteiger charge is -2.41. The van der Waals surface area contributed by atoms with Crippen LogP contribution in [0.3, 0.4) is 0 Å². The van der Waals surface area contributed by atoms with Gasteiger partial charge < -0.3 is 27.8 Å². The molecule has 4 atom stereocenters. The fourth-order valence-electron chi connectivity index (χ4n) is 4.39. The minimum atomic E-state index is -2.28. The van der Waals surface area contributed by atoms with Gasteiger partial charge in [0.05, 0.1) is 19.8 Å². The van der Waals surface area contributed by atoms with Crippen LogP contribution in [-0.4, -0.2) is 71.4 Å². The summed E-state index contributed by atoms with van der Waals surface area (Å²) in [5, 5.41) is -0.0145. The Kier molecular flexibility index (Phi) is 11.3. The van der Waals surface area contributed by atoms with Crippen LogP contribution >= 0.6 is 0 Å². The van der Waals surface area contributed by atoms with E-state index in [4.69, 9.17) is 27.8 Å². The highest BCUT2D eigenvalue weighted by Crippen LogP contribution is 2.43. The van der Waals surface area contributed by atoms with Crippen LogP contribution in [0.1, 0.15) is 58.9 Å². The predicted octanol–water partition coefficient (Wildman–Crippen LogP) is 6.99. The number of benzene rings is 1. The number of hydrogen-bond donors (Lipinski definition) is 0. The fourth-order valence-corrected chi connectivity index (χ4v) is 6.72. The summed E-state index contributed by atoms with van der Waals surface area (Å²) >= 11 is 0. The molecule has 0 aliphatic carbocycles. The average Bonchev–Trinajstić information content (AvgIpc) is 3.20. The molecule has 0 saturated carbocycles. The molecule has 1 aliphatic heterocycles. The van der Waals surface area contributed by atoms with E-state index in [1.807, 2.05) is 32.0 Å². The zero-order chi connectivity index (χ0) is 32.4. The number of methoxy groups -OCH3 is 1. The number of hydrogen-bond acceptors (Lipinski definition) is 8. The standard InChI is InChI=1S/C32H54N2O7Si2/c1-22-15-14-16-23(2)26(22)40-25-17-18-34(30(35)33-25)29-28(37-20-19-36-9)27(41-43(12,13)32(6,7)8)24(39-29)21-38-42(10,11)31(3,4)5/h14-18,24,27-29H,19-21H2,1-13H3/t24-,27-,28-,29-/m1/s1. The maximum Gasteiger partial charge on any atom is 0.353 e. The average molecular weight is 635 g/mol. The molecule has 242 valence electrons. The Balaban J connectivity index is 2.01. The molecule has 43 heavy (non-hydrogen) atoms. The first kappa shape index (κ1) is 35.6. The Morgan fingerprint density at radius 2 is 1.51 bits per heavy atom. The van der Waals surface area contributed by atoms with Crippen molar-refractivity contribution in [2.24, 2.45) is 0 Å². The molecular weight excluding hydrogens is 581 g/mol. The van der Waals surface area contributed by atoms with Gasteiger partial charge in [-0.1, -0.05) is 59.7 Å². The summed E-state index contributed by atoms with van der Waals surface area (Å²) in [6, 6.07) is 7.59. The van der Waals surface area contributed by atoms with Gasteiger partial charge in [-0.2, -0.15) is 4.98 Å². The van der Waals surface area contributed by atoms with Crippen molar-refractivity contribution in [3.8, 4) is 11.6 Å². The van der Waals surface area contributed by atoms with Crippen molar-refractivity contribution in [1.82, 2.24) is 9.55 Å². The lowest BCUT2D eigenvalue weighted by Crippen LogP contribution is -2.51. The molecule has 3 rings (SSSR count). The molecule has 0 spiro atoms. The third-order valence-electron chi connectivity index (χ3n) is 9.23. The summed E-state index contributed by atoms with van der Waals surface area (Å²) in [5.41, 5.74) is 1.44. The van der Waals surface area contributed by atoms with Crippen molar-refractivity contribution in [2.45, 2.75) is 116 Å². The Morgan fingerprint density at radius 3 is 2.05 bits per heavy atom. The number of para-hydroxylation sites is 1. The fraction of sp³-hybridized carbons (Fsp3) is 0.688. The number of ether oxygens (including phenoxy) is 4. The lowest BCUT2D eigenvalue weighted by molar-refractivity contribution is -0.0809. The number of nitrogens with zero attached hydrogens (tertiary/aromatic N) is 2. The van der Waals surface area contributed by atoms with Gasteiger partial charge in [0.1, 0.15) is 24.1 Å². The monoisotopic (exact) mass is 634 g/mol. The summed E-state index contributed by atoms with van der Waals surface area (Å²) in [6.45, 7) is 27.1. The molecule has 2 heterocycles. The summed E-state index contributed by atoms with van der Waals surface area (Å²) in [6.07, 6.45) is -0.588. The number of rotatable bonds is 12. The van der Waals surface area contributed by atoms with Gasteiger partial charge in [-0.3, -0.25) is 4.57 Å². The first-order chi connectivity index (χ1) is 19.8. The van der Waals surface area contributed by atoms with Gasteiger partial charge in [-0.15, -0.1) is 0 Å². The smallest absolute Gasteiger partial charge is 0.353 e. The van der Waals surface area contributed by atoms with Crippen LogP contribution in [0.15, 0.2) is 35.3 Å². The van der Waals surface area contributed by atoms with Crippen LogP contribution in [0.2, 0.25) is 36.3 Å². The largest absolute Gasteiger partial charge is 0.438 e. The van der Waals surface area contributed by atoms with Crippen LogP contribution < -0.4 is 10.4 Å². The van der Waals surface area contributed by atoms with E-state index in [1.54, 1.807) is 19.4 Å². The topological polar surface area (TPSA) is 90.3 Å². The van der Waals surface area contributed by atoms with Crippen LogP contribution in [0.4, 0.5) is 0 Å². The number of aryl methyl sites for hydroxylation is 2. The molecule has 0 radical (unpaired) electrons. The molecule has 0 unspecified atom stereocenters. The summed E-state index contributed by atoms with van der Waals surface area (Å²) in [4.78, 5) is 17.8. The molecule has 1 aromatic carbocycles. The van der Waals surface area contributed by atoms with Crippen LogP contribution in [0.5, 0.6) is 11.6 Å². The Hall–Kier alpha value is -1.87. The van der Waals surface area contributed by atoms with Crippen molar-refractivity contribution in [1.29, 1.82) is 0 Å². The van der Waals surface area contributed by atoms with E-state index in [0.717, 1.165) is 11.1 Å². The molecule has 1 aromatic heterocycles. The van der Waals surface area contributed by atoms with Gasteiger partial charge in [-0.25, -0.2) is 4.79 Å². The summed E-state index contributed by atoms with van der Waals surface area (Å²) in [7, 11) is -2.74. The molecule has 9 nitrogen and oxygen atoms in total. The van der Waals surface area contributed by atoms with E-state index in [0.29, 0.717) is 25.6 Å². The van der Waals surface area contributed by atoms with Crippen molar-refractivity contribution in [2.75, 3.05) is 26.9 Å². The maximum absolute atomic E-state index is 13.5. The Morgan fingerprint density at radius 1 is 0.907 bits per heavy atom. The lowest BCUT2D eigenvalue weighted by atomic mass is 10.1. The molecule has 0 N–H and O–H groups in total. The summed E-state index contributed by atoms with van der Waals surface area (Å²) in [5.74, 6) is 0.913. The van der Waals surface area contributed by atoms with Gasteiger partial charge >= 0.3 is 5.69 Å². The molecule has 1 saturated heterocycles. The third-order valence-corrected chi connectivity index (χ3v) is 18.2. The van der Waals surface area contributed by atoms with E-state index < -0.39 is 46.9 Å². The highest BCUT2D eigenvalue weighted by molar-refractivity contribution is 6.74. The first-order valence-electron chi connectivity index (χ1n) is 15.2. The maximum atomic E-state index is 13.5. The van der Waals surface area contributed by atoms with E-state index in [-0.39, 0.29) is 16.0 Å². The zero-order valence-electron chi connectivity index (χ0n) is 28.6. The van der Waals surface area contributed by atoms with Gasteiger partial charge in [0.2, 0.25) is 5.88 Å². The normalized spacial score (nSPS) is 21.8. The second kappa shape index (κ2) is 13.6.